The zero-order valence-corrected chi connectivity index (χ0v) is 21.1. The normalized spacial score (nSPS) is 16.5. The second kappa shape index (κ2) is 11.4. The van der Waals surface area contributed by atoms with E-state index in [9.17, 15) is 18.7 Å². The Morgan fingerprint density at radius 2 is 1.89 bits per heavy atom. The fourth-order valence-electron chi connectivity index (χ4n) is 5.17. The van der Waals surface area contributed by atoms with Gasteiger partial charge in [0.25, 0.3) is 0 Å². The van der Waals surface area contributed by atoms with Crippen LogP contribution in [0.5, 0.6) is 5.75 Å². The maximum Gasteiger partial charge on any atom is 0.309 e. The summed E-state index contributed by atoms with van der Waals surface area (Å²) in [5.41, 5.74) is 1.29. The molecule has 6 nitrogen and oxygen atoms in total. The summed E-state index contributed by atoms with van der Waals surface area (Å²) in [4.78, 5) is 18.8. The van der Waals surface area contributed by atoms with Gasteiger partial charge in [0.2, 0.25) is 0 Å². The van der Waals surface area contributed by atoms with Crippen molar-refractivity contribution in [2.24, 2.45) is 5.41 Å². The van der Waals surface area contributed by atoms with Gasteiger partial charge in [0, 0.05) is 36.4 Å². The average molecular weight is 516 g/mol. The van der Waals surface area contributed by atoms with E-state index in [1.165, 1.54) is 12.1 Å². The van der Waals surface area contributed by atoms with Crippen LogP contribution in [-0.4, -0.2) is 54.2 Å². The maximum atomic E-state index is 15.7. The molecule has 4 rings (SSSR count). The molecule has 1 aliphatic heterocycles. The van der Waals surface area contributed by atoms with Gasteiger partial charge in [-0.25, -0.2) is 13.2 Å². The number of halogens is 3. The second-order valence-electron chi connectivity index (χ2n) is 9.76. The van der Waals surface area contributed by atoms with E-state index in [0.29, 0.717) is 66.9 Å². The molecule has 0 radical (unpaired) electrons. The van der Waals surface area contributed by atoms with E-state index in [1.54, 1.807) is 31.5 Å². The smallest absolute Gasteiger partial charge is 0.309 e. The number of piperidine rings is 1. The molecule has 1 fully saturated rings. The SMILES string of the molecule is COc1ccc2ncc(C)c([C@H](F)CCC3(C(=O)O)CCN(CCNc4cc(F)cc(F)c4)CC3)c2c1. The molecule has 3 aromatic rings. The molecule has 0 aliphatic carbocycles. The van der Waals surface area contributed by atoms with Crippen LogP contribution >= 0.6 is 0 Å². The lowest BCUT2D eigenvalue weighted by molar-refractivity contribution is -0.153. The number of hydrogen-bond acceptors (Lipinski definition) is 5. The molecule has 1 atom stereocenters. The molecule has 0 spiro atoms. The topological polar surface area (TPSA) is 74.7 Å². The minimum Gasteiger partial charge on any atom is -0.497 e. The molecule has 0 amide bonds. The first-order chi connectivity index (χ1) is 17.7. The molecule has 1 aromatic heterocycles. The number of alkyl halides is 1. The van der Waals surface area contributed by atoms with Crippen molar-refractivity contribution in [1.29, 1.82) is 0 Å². The summed E-state index contributed by atoms with van der Waals surface area (Å²) in [6.07, 6.45) is 1.46. The van der Waals surface area contributed by atoms with Crippen LogP contribution in [0.25, 0.3) is 10.9 Å². The molecular weight excluding hydrogens is 483 g/mol. The summed E-state index contributed by atoms with van der Waals surface area (Å²) in [5.74, 6) is -1.58. The number of rotatable bonds is 10. The number of carboxylic acids is 1. The third-order valence-electron chi connectivity index (χ3n) is 7.39. The number of hydrogen-bond donors (Lipinski definition) is 2. The molecule has 2 heterocycles. The number of aromatic nitrogens is 1. The predicted octanol–water partition coefficient (Wildman–Crippen LogP) is 5.90. The third-order valence-corrected chi connectivity index (χ3v) is 7.39. The Morgan fingerprint density at radius 1 is 1.19 bits per heavy atom. The molecular formula is C28H32F3N3O3. The summed E-state index contributed by atoms with van der Waals surface area (Å²) >= 11 is 0. The largest absolute Gasteiger partial charge is 0.497 e. The van der Waals surface area contributed by atoms with Crippen molar-refractivity contribution in [3.63, 3.8) is 0 Å². The van der Waals surface area contributed by atoms with Crippen molar-refractivity contribution in [2.75, 3.05) is 38.6 Å². The van der Waals surface area contributed by atoms with Gasteiger partial charge >= 0.3 is 5.97 Å². The van der Waals surface area contributed by atoms with Crippen LogP contribution in [0, 0.1) is 24.0 Å². The first-order valence-electron chi connectivity index (χ1n) is 12.4. The Bertz CT molecular complexity index is 1240. The number of carbonyl (C=O) groups is 1. The number of nitrogens with one attached hydrogen (secondary N) is 1. The van der Waals surface area contributed by atoms with Gasteiger partial charge in [0.05, 0.1) is 18.0 Å². The van der Waals surface area contributed by atoms with Crippen LogP contribution in [-0.2, 0) is 4.79 Å². The number of aryl methyl sites for hydroxylation is 1. The zero-order valence-electron chi connectivity index (χ0n) is 21.1. The summed E-state index contributed by atoms with van der Waals surface area (Å²) in [6.45, 7) is 3.98. The molecule has 198 valence electrons. The van der Waals surface area contributed by atoms with E-state index >= 15 is 4.39 Å². The fourth-order valence-corrected chi connectivity index (χ4v) is 5.17. The Balaban J connectivity index is 1.37. The number of anilines is 1. The van der Waals surface area contributed by atoms with Gasteiger partial charge in [-0.15, -0.1) is 0 Å². The quantitative estimate of drug-likeness (QED) is 0.350. The molecule has 0 bridgehead atoms. The van der Waals surface area contributed by atoms with E-state index < -0.39 is 29.2 Å². The maximum absolute atomic E-state index is 15.7. The van der Waals surface area contributed by atoms with Crippen LogP contribution in [0.1, 0.15) is 43.0 Å². The number of carboxylic acid groups (broad SMARTS) is 1. The Labute approximate surface area is 214 Å². The number of methoxy groups -OCH3 is 1. The summed E-state index contributed by atoms with van der Waals surface area (Å²) in [5, 5.41) is 13.8. The fraction of sp³-hybridized carbons (Fsp3) is 0.429. The summed E-state index contributed by atoms with van der Waals surface area (Å²) in [6, 6.07) is 8.62. The zero-order chi connectivity index (χ0) is 26.6. The Hall–Kier alpha value is -3.33. The molecule has 0 saturated carbocycles. The standard InChI is InChI=1S/C28H32F3N3O3/c1-18-17-33-25-4-3-22(37-2)16-23(25)26(18)24(31)5-6-28(27(35)36)7-10-34(11-8-28)12-9-32-21-14-19(29)13-20(30)15-21/h3-4,13-17,24,32H,5-12H2,1-2H3,(H,35,36)/t24-/m1/s1. The number of benzene rings is 2. The van der Waals surface area contributed by atoms with Crippen LogP contribution in [0.15, 0.2) is 42.6 Å². The lowest BCUT2D eigenvalue weighted by atomic mass is 9.74. The summed E-state index contributed by atoms with van der Waals surface area (Å²) < 4.78 is 47.7. The van der Waals surface area contributed by atoms with Crippen LogP contribution in [0.4, 0.5) is 18.9 Å². The van der Waals surface area contributed by atoms with E-state index in [4.69, 9.17) is 4.74 Å². The van der Waals surface area contributed by atoms with Crippen molar-refractivity contribution in [2.45, 2.75) is 38.8 Å². The van der Waals surface area contributed by atoms with E-state index in [-0.39, 0.29) is 12.8 Å². The summed E-state index contributed by atoms with van der Waals surface area (Å²) in [7, 11) is 1.55. The minimum atomic E-state index is -1.33. The molecule has 2 aromatic carbocycles. The predicted molar refractivity (Wildman–Crippen MR) is 137 cm³/mol. The minimum absolute atomic E-state index is 0.0934. The van der Waals surface area contributed by atoms with Gasteiger partial charge < -0.3 is 20.1 Å². The van der Waals surface area contributed by atoms with Gasteiger partial charge in [0.1, 0.15) is 23.6 Å². The number of nitrogens with zero attached hydrogens (tertiary/aromatic N) is 2. The van der Waals surface area contributed by atoms with Crippen molar-refractivity contribution < 1.29 is 27.8 Å². The number of ether oxygens (including phenoxy) is 1. The molecule has 9 heteroatoms. The highest BCUT2D eigenvalue weighted by Crippen LogP contribution is 2.41. The average Bonchev–Trinajstić information content (AvgIpc) is 2.87. The highest BCUT2D eigenvalue weighted by Gasteiger charge is 2.41. The lowest BCUT2D eigenvalue weighted by Crippen LogP contribution is -2.45. The highest BCUT2D eigenvalue weighted by molar-refractivity contribution is 5.85. The van der Waals surface area contributed by atoms with Crippen molar-refractivity contribution in [3.05, 3.63) is 65.4 Å². The van der Waals surface area contributed by atoms with Gasteiger partial charge in [-0.3, -0.25) is 9.78 Å². The molecule has 0 unspecified atom stereocenters. The monoisotopic (exact) mass is 515 g/mol. The molecule has 37 heavy (non-hydrogen) atoms. The number of fused-ring (bicyclic) bond motifs is 1. The molecule has 2 N–H and O–H groups in total. The van der Waals surface area contributed by atoms with E-state index in [0.717, 1.165) is 11.6 Å². The number of pyridine rings is 1. The Morgan fingerprint density at radius 3 is 2.54 bits per heavy atom. The van der Waals surface area contributed by atoms with Gasteiger partial charge in [-0.2, -0.15) is 0 Å². The third kappa shape index (κ3) is 6.15. The molecule has 1 saturated heterocycles. The van der Waals surface area contributed by atoms with Gasteiger partial charge in [0.15, 0.2) is 0 Å². The van der Waals surface area contributed by atoms with Crippen molar-refractivity contribution in [3.8, 4) is 5.75 Å². The van der Waals surface area contributed by atoms with Crippen molar-refractivity contribution >= 4 is 22.6 Å². The van der Waals surface area contributed by atoms with Gasteiger partial charge in [-0.1, -0.05) is 0 Å². The van der Waals surface area contributed by atoms with E-state index in [2.05, 4.69) is 15.2 Å². The highest BCUT2D eigenvalue weighted by atomic mass is 19.1. The molecule has 1 aliphatic rings. The van der Waals surface area contributed by atoms with Crippen LogP contribution < -0.4 is 10.1 Å². The second-order valence-corrected chi connectivity index (χ2v) is 9.76. The first-order valence-corrected chi connectivity index (χ1v) is 12.4. The van der Waals surface area contributed by atoms with Crippen molar-refractivity contribution in [1.82, 2.24) is 9.88 Å². The number of likely N-dealkylation sites (tertiary alicyclic amines) is 1. The van der Waals surface area contributed by atoms with Crippen LogP contribution in [0.3, 0.4) is 0 Å². The lowest BCUT2D eigenvalue weighted by Gasteiger charge is -2.39. The van der Waals surface area contributed by atoms with E-state index in [1.807, 2.05) is 6.92 Å². The number of aliphatic carboxylic acids is 1. The Kier molecular flexibility index (Phi) is 8.22. The first kappa shape index (κ1) is 26.7. The van der Waals surface area contributed by atoms with Gasteiger partial charge in [-0.05, 0) is 87.2 Å². The van der Waals surface area contributed by atoms with Crippen LogP contribution in [0.2, 0.25) is 0 Å².